The highest BCUT2D eigenvalue weighted by Gasteiger charge is 2.09. The van der Waals surface area contributed by atoms with E-state index in [1.807, 2.05) is 11.6 Å². The zero-order valence-electron chi connectivity index (χ0n) is 10.9. The van der Waals surface area contributed by atoms with Crippen molar-refractivity contribution in [3.05, 3.63) is 51.8 Å². The van der Waals surface area contributed by atoms with Crippen molar-refractivity contribution in [3.8, 4) is 0 Å². The quantitative estimate of drug-likeness (QED) is 0.487. The maximum absolute atomic E-state index is 13.2. The van der Waals surface area contributed by atoms with E-state index in [4.69, 9.17) is 0 Å². The Kier molecular flexibility index (Phi) is 4.36. The standard InChI is InChI=1S/C12H14FN5O2/c1-17-8-15-16-12(17)2-3-14-7-9-4-10(13)6-11(5-9)18(19)20/h4-6,8,14H,2-3,7H2,1H3. The Labute approximate surface area is 114 Å². The van der Waals surface area contributed by atoms with Gasteiger partial charge in [0.2, 0.25) is 0 Å². The minimum atomic E-state index is -0.607. The third kappa shape index (κ3) is 3.58. The van der Waals surface area contributed by atoms with Gasteiger partial charge in [-0.25, -0.2) is 4.39 Å². The van der Waals surface area contributed by atoms with Crippen molar-refractivity contribution >= 4 is 5.69 Å². The number of non-ortho nitro benzene ring substituents is 1. The number of hydrogen-bond donors (Lipinski definition) is 1. The molecule has 20 heavy (non-hydrogen) atoms. The molecule has 106 valence electrons. The number of nitrogens with one attached hydrogen (secondary N) is 1. The number of nitro groups is 1. The van der Waals surface area contributed by atoms with Crippen molar-refractivity contribution in [2.24, 2.45) is 7.05 Å². The summed E-state index contributed by atoms with van der Waals surface area (Å²) < 4.78 is 15.0. The second-order valence-electron chi connectivity index (χ2n) is 4.36. The monoisotopic (exact) mass is 279 g/mol. The van der Waals surface area contributed by atoms with Crippen LogP contribution >= 0.6 is 0 Å². The molecule has 0 radical (unpaired) electrons. The molecule has 0 aliphatic carbocycles. The van der Waals surface area contributed by atoms with E-state index in [0.29, 0.717) is 25.1 Å². The lowest BCUT2D eigenvalue weighted by Gasteiger charge is -2.05. The van der Waals surface area contributed by atoms with Gasteiger partial charge in [0.1, 0.15) is 18.0 Å². The number of benzene rings is 1. The lowest BCUT2D eigenvalue weighted by molar-refractivity contribution is -0.385. The van der Waals surface area contributed by atoms with Crippen molar-refractivity contribution in [2.75, 3.05) is 6.54 Å². The average Bonchev–Trinajstić information content (AvgIpc) is 2.80. The van der Waals surface area contributed by atoms with E-state index in [1.54, 1.807) is 6.33 Å². The van der Waals surface area contributed by atoms with Crippen LogP contribution < -0.4 is 5.32 Å². The summed E-state index contributed by atoms with van der Waals surface area (Å²) in [4.78, 5) is 10.0. The minimum Gasteiger partial charge on any atom is -0.321 e. The van der Waals surface area contributed by atoms with Crippen LogP contribution in [-0.4, -0.2) is 26.2 Å². The molecule has 1 heterocycles. The molecule has 7 nitrogen and oxygen atoms in total. The zero-order chi connectivity index (χ0) is 14.5. The van der Waals surface area contributed by atoms with Crippen LogP contribution in [0.25, 0.3) is 0 Å². The first kappa shape index (κ1) is 14.1. The molecule has 1 N–H and O–H groups in total. The number of nitrogens with zero attached hydrogens (tertiary/aromatic N) is 4. The maximum atomic E-state index is 13.2. The van der Waals surface area contributed by atoms with Gasteiger partial charge in [-0.05, 0) is 11.6 Å². The van der Waals surface area contributed by atoms with Gasteiger partial charge in [-0.3, -0.25) is 10.1 Å². The molecule has 0 unspecified atom stereocenters. The van der Waals surface area contributed by atoms with Gasteiger partial charge in [0.25, 0.3) is 5.69 Å². The van der Waals surface area contributed by atoms with E-state index in [9.17, 15) is 14.5 Å². The van der Waals surface area contributed by atoms with Crippen LogP contribution in [0.5, 0.6) is 0 Å². The van der Waals surface area contributed by atoms with Gasteiger partial charge in [-0.1, -0.05) is 0 Å². The van der Waals surface area contributed by atoms with E-state index in [-0.39, 0.29) is 5.69 Å². The van der Waals surface area contributed by atoms with Crippen LogP contribution in [0.1, 0.15) is 11.4 Å². The van der Waals surface area contributed by atoms with Crippen molar-refractivity contribution in [3.63, 3.8) is 0 Å². The molecule has 1 aromatic heterocycles. The van der Waals surface area contributed by atoms with Crippen LogP contribution in [-0.2, 0) is 20.0 Å². The summed E-state index contributed by atoms with van der Waals surface area (Å²) in [7, 11) is 1.85. The van der Waals surface area contributed by atoms with Crippen LogP contribution in [0.15, 0.2) is 24.5 Å². The van der Waals surface area contributed by atoms with Gasteiger partial charge in [-0.2, -0.15) is 0 Å². The van der Waals surface area contributed by atoms with Gasteiger partial charge in [0.15, 0.2) is 0 Å². The average molecular weight is 279 g/mol. The number of aryl methyl sites for hydroxylation is 1. The number of hydrogen-bond acceptors (Lipinski definition) is 5. The Morgan fingerprint density at radius 3 is 2.90 bits per heavy atom. The summed E-state index contributed by atoms with van der Waals surface area (Å²) >= 11 is 0. The third-order valence-corrected chi connectivity index (χ3v) is 2.81. The van der Waals surface area contributed by atoms with Gasteiger partial charge < -0.3 is 9.88 Å². The Morgan fingerprint density at radius 1 is 1.45 bits per heavy atom. The molecule has 0 spiro atoms. The second-order valence-corrected chi connectivity index (χ2v) is 4.36. The highest BCUT2D eigenvalue weighted by atomic mass is 19.1. The van der Waals surface area contributed by atoms with Crippen LogP contribution in [0, 0.1) is 15.9 Å². The molecule has 0 fully saturated rings. The molecule has 0 atom stereocenters. The summed E-state index contributed by atoms with van der Waals surface area (Å²) in [6.45, 7) is 0.979. The Bertz CT molecular complexity index is 614. The molecule has 0 bridgehead atoms. The topological polar surface area (TPSA) is 85.9 Å². The lowest BCUT2D eigenvalue weighted by Crippen LogP contribution is -2.18. The number of nitro benzene ring substituents is 1. The van der Waals surface area contributed by atoms with E-state index >= 15 is 0 Å². The predicted molar refractivity (Wildman–Crippen MR) is 69.5 cm³/mol. The first-order chi connectivity index (χ1) is 9.56. The van der Waals surface area contributed by atoms with Crippen LogP contribution in [0.2, 0.25) is 0 Å². The third-order valence-electron chi connectivity index (χ3n) is 2.81. The number of aromatic nitrogens is 3. The fourth-order valence-electron chi connectivity index (χ4n) is 1.81. The lowest BCUT2D eigenvalue weighted by atomic mass is 10.2. The largest absolute Gasteiger partial charge is 0.321 e. The van der Waals surface area contributed by atoms with E-state index in [1.165, 1.54) is 12.1 Å². The van der Waals surface area contributed by atoms with E-state index < -0.39 is 10.7 Å². The molecule has 2 rings (SSSR count). The molecule has 0 saturated carbocycles. The van der Waals surface area contributed by atoms with Gasteiger partial charge in [-0.15, -0.1) is 10.2 Å². The molecule has 0 amide bonds. The Morgan fingerprint density at radius 2 is 2.25 bits per heavy atom. The molecule has 8 heteroatoms. The van der Waals surface area contributed by atoms with E-state index in [0.717, 1.165) is 11.9 Å². The molecule has 0 aliphatic rings. The molecule has 0 aliphatic heterocycles. The van der Waals surface area contributed by atoms with Crippen LogP contribution in [0.3, 0.4) is 0 Å². The summed E-state index contributed by atoms with van der Waals surface area (Å²) in [5.74, 6) is 0.229. The summed E-state index contributed by atoms with van der Waals surface area (Å²) in [6.07, 6.45) is 2.29. The van der Waals surface area contributed by atoms with Crippen molar-refractivity contribution in [1.29, 1.82) is 0 Å². The van der Waals surface area contributed by atoms with Gasteiger partial charge >= 0.3 is 0 Å². The number of halogens is 1. The normalized spacial score (nSPS) is 10.7. The molecule has 0 saturated heterocycles. The molecule has 1 aromatic carbocycles. The van der Waals surface area contributed by atoms with E-state index in [2.05, 4.69) is 15.5 Å². The first-order valence-electron chi connectivity index (χ1n) is 6.03. The second kappa shape index (κ2) is 6.20. The fraction of sp³-hybridized carbons (Fsp3) is 0.333. The summed E-state index contributed by atoms with van der Waals surface area (Å²) in [6, 6.07) is 3.55. The summed E-state index contributed by atoms with van der Waals surface area (Å²) in [5.41, 5.74) is 0.296. The first-order valence-corrected chi connectivity index (χ1v) is 6.03. The SMILES string of the molecule is Cn1cnnc1CCNCc1cc(F)cc([N+](=O)[O-])c1. The highest BCUT2D eigenvalue weighted by molar-refractivity contribution is 5.35. The predicted octanol–water partition coefficient (Wildman–Crippen LogP) is 1.19. The zero-order valence-corrected chi connectivity index (χ0v) is 10.9. The van der Waals surface area contributed by atoms with Crippen molar-refractivity contribution in [1.82, 2.24) is 20.1 Å². The van der Waals surface area contributed by atoms with Crippen molar-refractivity contribution in [2.45, 2.75) is 13.0 Å². The maximum Gasteiger partial charge on any atom is 0.272 e. The highest BCUT2D eigenvalue weighted by Crippen LogP contribution is 2.16. The smallest absolute Gasteiger partial charge is 0.272 e. The molecule has 2 aromatic rings. The summed E-state index contributed by atoms with van der Waals surface area (Å²) in [5, 5.41) is 21.4. The van der Waals surface area contributed by atoms with Gasteiger partial charge in [0, 0.05) is 32.6 Å². The Balaban J connectivity index is 1.88. The Hall–Kier alpha value is -2.35. The molecular formula is C12H14FN5O2. The minimum absolute atomic E-state index is 0.241. The van der Waals surface area contributed by atoms with Gasteiger partial charge in [0.05, 0.1) is 11.0 Å². The van der Waals surface area contributed by atoms with Crippen LogP contribution in [0.4, 0.5) is 10.1 Å². The number of rotatable bonds is 6. The molecular weight excluding hydrogens is 265 g/mol. The fourth-order valence-corrected chi connectivity index (χ4v) is 1.81. The van der Waals surface area contributed by atoms with Crippen molar-refractivity contribution < 1.29 is 9.31 Å².